The summed E-state index contributed by atoms with van der Waals surface area (Å²) in [5.74, 6) is -0.410. The van der Waals surface area contributed by atoms with E-state index in [1.165, 1.54) is 12.1 Å². The van der Waals surface area contributed by atoms with E-state index in [1.54, 1.807) is 17.7 Å². The Morgan fingerprint density at radius 2 is 2.05 bits per heavy atom. The van der Waals surface area contributed by atoms with Crippen molar-refractivity contribution in [2.24, 2.45) is 0 Å². The first kappa shape index (κ1) is 13.5. The second-order valence-corrected chi connectivity index (χ2v) is 4.48. The third-order valence-electron chi connectivity index (χ3n) is 3.15. The number of hydrogen-bond donors (Lipinski definition) is 0. The summed E-state index contributed by atoms with van der Waals surface area (Å²) in [6.45, 7) is 6.24. The lowest BCUT2D eigenvalue weighted by molar-refractivity contribution is 0.102. The van der Waals surface area contributed by atoms with Crippen LogP contribution in [0.5, 0.6) is 0 Å². The zero-order valence-electron chi connectivity index (χ0n) is 11.4. The van der Waals surface area contributed by atoms with Crippen LogP contribution in [0.15, 0.2) is 24.3 Å². The summed E-state index contributed by atoms with van der Waals surface area (Å²) in [5, 5.41) is 4.36. The Bertz CT molecular complexity index is 617. The summed E-state index contributed by atoms with van der Waals surface area (Å²) in [4.78, 5) is 12.4. The first-order valence-corrected chi connectivity index (χ1v) is 6.44. The third kappa shape index (κ3) is 2.57. The predicted octanol–water partition coefficient (Wildman–Crippen LogP) is 3.14. The quantitative estimate of drug-likeness (QED) is 0.791. The smallest absolute Gasteiger partial charge is 0.211 e. The van der Waals surface area contributed by atoms with Gasteiger partial charge in [0.15, 0.2) is 0 Å². The average Bonchev–Trinajstić information content (AvgIpc) is 2.84. The fourth-order valence-corrected chi connectivity index (χ4v) is 2.00. The van der Waals surface area contributed by atoms with Crippen molar-refractivity contribution in [3.8, 4) is 0 Å². The van der Waals surface area contributed by atoms with Crippen LogP contribution in [0.1, 0.15) is 41.2 Å². The molecule has 0 unspecified atom stereocenters. The molecule has 0 saturated heterocycles. The largest absolute Gasteiger partial charge is 0.287 e. The lowest BCUT2D eigenvalue weighted by Crippen LogP contribution is -2.10. The molecule has 0 aliphatic heterocycles. The molecule has 3 nitrogen and oxygen atoms in total. The van der Waals surface area contributed by atoms with E-state index in [0.29, 0.717) is 23.4 Å². The van der Waals surface area contributed by atoms with E-state index < -0.39 is 0 Å². The molecule has 1 aromatic heterocycles. The molecule has 0 fully saturated rings. The van der Waals surface area contributed by atoms with Crippen molar-refractivity contribution >= 4 is 5.78 Å². The highest BCUT2D eigenvalue weighted by molar-refractivity contribution is 6.08. The molecular formula is C15H17FN2O. The maximum atomic E-state index is 13.2. The molecule has 0 bridgehead atoms. The van der Waals surface area contributed by atoms with Crippen molar-refractivity contribution in [1.29, 1.82) is 0 Å². The minimum absolute atomic E-state index is 0.114. The van der Waals surface area contributed by atoms with Crippen LogP contribution >= 0.6 is 0 Å². The molecule has 1 heterocycles. The van der Waals surface area contributed by atoms with Gasteiger partial charge in [0.05, 0.1) is 5.69 Å². The van der Waals surface area contributed by atoms with Crippen molar-refractivity contribution in [1.82, 2.24) is 9.78 Å². The van der Waals surface area contributed by atoms with Gasteiger partial charge in [-0.25, -0.2) is 4.39 Å². The van der Waals surface area contributed by atoms with E-state index in [4.69, 9.17) is 0 Å². The van der Waals surface area contributed by atoms with Crippen molar-refractivity contribution in [3.63, 3.8) is 0 Å². The van der Waals surface area contributed by atoms with E-state index >= 15 is 0 Å². The average molecular weight is 260 g/mol. The fraction of sp³-hybridized carbons (Fsp3) is 0.333. The van der Waals surface area contributed by atoms with Crippen molar-refractivity contribution in [2.45, 2.75) is 33.7 Å². The highest BCUT2D eigenvalue weighted by atomic mass is 19.1. The van der Waals surface area contributed by atoms with Gasteiger partial charge in [-0.15, -0.1) is 0 Å². The number of nitrogens with zero attached hydrogens (tertiary/aromatic N) is 2. The Morgan fingerprint density at radius 3 is 2.63 bits per heavy atom. The predicted molar refractivity (Wildman–Crippen MR) is 71.8 cm³/mol. The second-order valence-electron chi connectivity index (χ2n) is 4.48. The molecule has 19 heavy (non-hydrogen) atoms. The molecular weight excluding hydrogens is 243 g/mol. The van der Waals surface area contributed by atoms with Gasteiger partial charge in [-0.2, -0.15) is 5.10 Å². The van der Waals surface area contributed by atoms with E-state index in [2.05, 4.69) is 5.10 Å². The molecule has 0 saturated carbocycles. The van der Waals surface area contributed by atoms with E-state index in [9.17, 15) is 9.18 Å². The standard InChI is InChI=1S/C15H17FN2O/c1-4-12-9-14(18(5-2)17-12)15(19)11-6-7-13(16)10(3)8-11/h6-9H,4-5H2,1-3H3. The normalized spacial score (nSPS) is 10.7. The summed E-state index contributed by atoms with van der Waals surface area (Å²) in [5.41, 5.74) is 2.43. The number of aromatic nitrogens is 2. The van der Waals surface area contributed by atoms with Crippen LogP contribution < -0.4 is 0 Å². The van der Waals surface area contributed by atoms with Gasteiger partial charge in [-0.3, -0.25) is 9.48 Å². The molecule has 2 rings (SSSR count). The maximum absolute atomic E-state index is 13.2. The van der Waals surface area contributed by atoms with Gasteiger partial charge in [0.25, 0.3) is 0 Å². The van der Waals surface area contributed by atoms with Gasteiger partial charge in [-0.1, -0.05) is 6.92 Å². The Hall–Kier alpha value is -1.97. The zero-order chi connectivity index (χ0) is 14.0. The molecule has 0 atom stereocenters. The lowest BCUT2D eigenvalue weighted by Gasteiger charge is -2.05. The van der Waals surface area contributed by atoms with Crippen molar-refractivity contribution < 1.29 is 9.18 Å². The second kappa shape index (κ2) is 5.34. The number of hydrogen-bond acceptors (Lipinski definition) is 2. The molecule has 0 amide bonds. The van der Waals surface area contributed by atoms with E-state index in [0.717, 1.165) is 12.1 Å². The zero-order valence-corrected chi connectivity index (χ0v) is 11.4. The monoisotopic (exact) mass is 260 g/mol. The van der Waals surface area contributed by atoms with Gasteiger partial charge in [0.2, 0.25) is 5.78 Å². The Morgan fingerprint density at radius 1 is 1.32 bits per heavy atom. The summed E-state index contributed by atoms with van der Waals surface area (Å²) in [6.07, 6.45) is 0.787. The van der Waals surface area contributed by atoms with Crippen molar-refractivity contribution in [3.05, 3.63) is 52.6 Å². The lowest BCUT2D eigenvalue weighted by atomic mass is 10.0. The Balaban J connectivity index is 2.43. The van der Waals surface area contributed by atoms with Gasteiger partial charge in [0.1, 0.15) is 11.5 Å². The number of halogens is 1. The molecule has 0 N–H and O–H groups in total. The van der Waals surface area contributed by atoms with Gasteiger partial charge in [0, 0.05) is 12.1 Å². The molecule has 1 aromatic carbocycles. The number of carbonyl (C=O) groups is 1. The molecule has 0 aliphatic carbocycles. The summed E-state index contributed by atoms with van der Waals surface area (Å²) in [6, 6.07) is 6.24. The third-order valence-corrected chi connectivity index (χ3v) is 3.15. The van der Waals surface area contributed by atoms with Crippen LogP contribution in [0.3, 0.4) is 0 Å². The van der Waals surface area contributed by atoms with E-state index in [1.807, 2.05) is 19.9 Å². The number of aryl methyl sites for hydroxylation is 3. The van der Waals surface area contributed by atoms with E-state index in [-0.39, 0.29) is 11.6 Å². The number of rotatable bonds is 4. The fourth-order valence-electron chi connectivity index (χ4n) is 2.00. The van der Waals surface area contributed by atoms with Crippen molar-refractivity contribution in [2.75, 3.05) is 0 Å². The molecule has 4 heteroatoms. The number of benzene rings is 1. The summed E-state index contributed by atoms with van der Waals surface area (Å²) in [7, 11) is 0. The van der Waals surface area contributed by atoms with Crippen LogP contribution in [0.25, 0.3) is 0 Å². The van der Waals surface area contributed by atoms with Gasteiger partial charge < -0.3 is 0 Å². The molecule has 0 radical (unpaired) electrons. The highest BCUT2D eigenvalue weighted by Gasteiger charge is 2.16. The summed E-state index contributed by atoms with van der Waals surface area (Å²) >= 11 is 0. The van der Waals surface area contributed by atoms with Gasteiger partial charge in [-0.05, 0) is 50.1 Å². The van der Waals surface area contributed by atoms with Crippen LogP contribution in [-0.2, 0) is 13.0 Å². The minimum Gasteiger partial charge on any atom is -0.287 e. The first-order valence-electron chi connectivity index (χ1n) is 6.44. The van der Waals surface area contributed by atoms with Crippen LogP contribution in [0, 0.1) is 12.7 Å². The van der Waals surface area contributed by atoms with Crippen LogP contribution in [0.2, 0.25) is 0 Å². The SMILES string of the molecule is CCc1cc(C(=O)c2ccc(F)c(C)c2)n(CC)n1. The molecule has 100 valence electrons. The molecule has 2 aromatic rings. The van der Waals surface area contributed by atoms with Gasteiger partial charge >= 0.3 is 0 Å². The van der Waals surface area contributed by atoms with Crippen LogP contribution in [0.4, 0.5) is 4.39 Å². The summed E-state index contributed by atoms with van der Waals surface area (Å²) < 4.78 is 14.9. The van der Waals surface area contributed by atoms with Crippen LogP contribution in [-0.4, -0.2) is 15.6 Å². The molecule has 0 spiro atoms. The first-order chi connectivity index (χ1) is 9.06. The maximum Gasteiger partial charge on any atom is 0.211 e. The topological polar surface area (TPSA) is 34.9 Å². The molecule has 0 aliphatic rings. The minimum atomic E-state index is -0.296. The Labute approximate surface area is 112 Å². The number of carbonyl (C=O) groups excluding carboxylic acids is 1. The number of ketones is 1. The highest BCUT2D eigenvalue weighted by Crippen LogP contribution is 2.15. The Kier molecular flexibility index (Phi) is 3.79.